The summed E-state index contributed by atoms with van der Waals surface area (Å²) in [6.45, 7) is 1.83. The van der Waals surface area contributed by atoms with Gasteiger partial charge < -0.3 is 0 Å². The normalized spacial score (nSPS) is 12.2. The second kappa shape index (κ2) is 5.92. The molecule has 3 nitrogen and oxygen atoms in total. The Kier molecular flexibility index (Phi) is 4.53. The molecule has 0 fully saturated rings. The molecule has 0 aliphatic heterocycles. The summed E-state index contributed by atoms with van der Waals surface area (Å²) in [6.07, 6.45) is -4.60. The van der Waals surface area contributed by atoms with Gasteiger partial charge in [0.1, 0.15) is 0 Å². The van der Waals surface area contributed by atoms with Crippen molar-refractivity contribution in [2.45, 2.75) is 18.0 Å². The van der Waals surface area contributed by atoms with Crippen molar-refractivity contribution in [2.75, 3.05) is 4.72 Å². The van der Waals surface area contributed by atoms with Crippen LogP contribution in [0.5, 0.6) is 0 Å². The molecule has 2 rings (SSSR count). The lowest BCUT2D eigenvalue weighted by molar-refractivity contribution is -0.137. The minimum Gasteiger partial charge on any atom is -0.280 e. The molecule has 0 aliphatic carbocycles. The minimum atomic E-state index is -4.60. The zero-order valence-electron chi connectivity index (χ0n) is 11.3. The average molecular weight is 394 g/mol. The van der Waals surface area contributed by atoms with Crippen molar-refractivity contribution in [3.63, 3.8) is 0 Å². The average Bonchev–Trinajstić information content (AvgIpc) is 2.42. The van der Waals surface area contributed by atoms with Crippen LogP contribution in [0.2, 0.25) is 0 Å². The molecule has 0 aliphatic rings. The first-order chi connectivity index (χ1) is 10.1. The Morgan fingerprint density at radius 1 is 1.09 bits per heavy atom. The maximum atomic E-state index is 12.7. The number of hydrogen-bond acceptors (Lipinski definition) is 2. The highest BCUT2D eigenvalue weighted by Crippen LogP contribution is 2.31. The molecule has 118 valence electrons. The molecule has 0 heterocycles. The maximum Gasteiger partial charge on any atom is 0.416 e. The third-order valence-corrected chi connectivity index (χ3v) is 5.13. The minimum absolute atomic E-state index is 0.259. The highest BCUT2D eigenvalue weighted by molar-refractivity contribution is 9.10. The Hall–Kier alpha value is -1.54. The van der Waals surface area contributed by atoms with Crippen molar-refractivity contribution in [3.05, 3.63) is 58.1 Å². The highest BCUT2D eigenvalue weighted by atomic mass is 79.9. The van der Waals surface area contributed by atoms with E-state index in [0.29, 0.717) is 10.5 Å². The number of hydrogen-bond donors (Lipinski definition) is 1. The molecule has 0 saturated heterocycles. The number of sulfonamides is 1. The number of halogens is 4. The molecule has 2 aromatic carbocycles. The van der Waals surface area contributed by atoms with Crippen LogP contribution in [0.15, 0.2) is 51.8 Å². The lowest BCUT2D eigenvalue weighted by Crippen LogP contribution is -2.14. The zero-order valence-corrected chi connectivity index (χ0v) is 13.7. The Morgan fingerprint density at radius 2 is 1.77 bits per heavy atom. The summed E-state index contributed by atoms with van der Waals surface area (Å²) in [4.78, 5) is -0.445. The first-order valence-electron chi connectivity index (χ1n) is 6.06. The number of anilines is 1. The quantitative estimate of drug-likeness (QED) is 0.829. The summed E-state index contributed by atoms with van der Waals surface area (Å²) in [5, 5.41) is 0. The van der Waals surface area contributed by atoms with Crippen molar-refractivity contribution in [3.8, 4) is 0 Å². The summed E-state index contributed by atoms with van der Waals surface area (Å²) in [5.41, 5.74) is 0.150. The third kappa shape index (κ3) is 3.80. The molecule has 0 unspecified atom stereocenters. The van der Waals surface area contributed by atoms with Crippen molar-refractivity contribution >= 4 is 31.6 Å². The van der Waals surface area contributed by atoms with Crippen LogP contribution < -0.4 is 4.72 Å². The van der Waals surface area contributed by atoms with Crippen molar-refractivity contribution in [1.29, 1.82) is 0 Å². The van der Waals surface area contributed by atoms with Gasteiger partial charge in [-0.2, -0.15) is 13.2 Å². The maximum absolute atomic E-state index is 12.7. The lowest BCUT2D eigenvalue weighted by Gasteiger charge is -2.11. The van der Waals surface area contributed by atoms with Crippen LogP contribution in [0.25, 0.3) is 0 Å². The van der Waals surface area contributed by atoms with Gasteiger partial charge in [-0.05, 0) is 42.8 Å². The summed E-state index contributed by atoms with van der Waals surface area (Å²) in [5.74, 6) is 0. The molecule has 0 radical (unpaired) electrons. The number of benzene rings is 2. The van der Waals surface area contributed by atoms with E-state index < -0.39 is 26.7 Å². The van der Waals surface area contributed by atoms with Crippen molar-refractivity contribution in [1.82, 2.24) is 0 Å². The fourth-order valence-electron chi connectivity index (χ4n) is 1.71. The van der Waals surface area contributed by atoms with Gasteiger partial charge in [0.25, 0.3) is 10.0 Å². The summed E-state index contributed by atoms with van der Waals surface area (Å²) in [7, 11) is -4.10. The molecule has 8 heteroatoms. The smallest absolute Gasteiger partial charge is 0.280 e. The summed E-state index contributed by atoms with van der Waals surface area (Å²) >= 11 is 3.26. The fourth-order valence-corrected chi connectivity index (χ4v) is 3.18. The Bertz CT molecular complexity index is 804. The van der Waals surface area contributed by atoms with Gasteiger partial charge in [-0.3, -0.25) is 4.72 Å². The van der Waals surface area contributed by atoms with E-state index >= 15 is 0 Å². The van der Waals surface area contributed by atoms with Crippen LogP contribution in [0.3, 0.4) is 0 Å². The first kappa shape index (κ1) is 16.8. The van der Waals surface area contributed by atoms with Gasteiger partial charge in [0, 0.05) is 10.2 Å². The Balaban J connectivity index is 2.36. The van der Waals surface area contributed by atoms with E-state index in [4.69, 9.17) is 0 Å². The second-order valence-corrected chi connectivity index (χ2v) is 7.13. The van der Waals surface area contributed by atoms with Crippen LogP contribution in [0.4, 0.5) is 18.9 Å². The second-order valence-electron chi connectivity index (χ2n) is 4.60. The number of aryl methyl sites for hydroxylation is 1. The predicted octanol–water partition coefficient (Wildman–Crippen LogP) is 4.58. The molecule has 0 spiro atoms. The first-order valence-corrected chi connectivity index (χ1v) is 8.33. The number of nitrogens with one attached hydrogen (secondary N) is 1. The number of alkyl halides is 3. The van der Waals surface area contributed by atoms with Gasteiger partial charge in [0.2, 0.25) is 0 Å². The van der Waals surface area contributed by atoms with Gasteiger partial charge in [0.15, 0.2) is 0 Å². The van der Waals surface area contributed by atoms with E-state index in [1.54, 1.807) is 12.1 Å². The SMILES string of the molecule is Cc1ccc(NS(=O)(=O)c2cccc(C(F)(F)F)c2)cc1Br. The van der Waals surface area contributed by atoms with Crippen LogP contribution in [0, 0.1) is 6.92 Å². The molecule has 0 aromatic heterocycles. The molecular formula is C14H11BrF3NO2S. The van der Waals surface area contributed by atoms with E-state index in [-0.39, 0.29) is 5.69 Å². The van der Waals surface area contributed by atoms with Gasteiger partial charge in [-0.15, -0.1) is 0 Å². The predicted molar refractivity (Wildman–Crippen MR) is 81.1 cm³/mol. The van der Waals surface area contributed by atoms with E-state index in [1.807, 2.05) is 6.92 Å². The monoisotopic (exact) mass is 393 g/mol. The lowest BCUT2D eigenvalue weighted by atomic mass is 10.2. The van der Waals surface area contributed by atoms with Crippen molar-refractivity contribution in [2.24, 2.45) is 0 Å². The van der Waals surface area contributed by atoms with Gasteiger partial charge in [-0.1, -0.05) is 28.1 Å². The molecular weight excluding hydrogens is 383 g/mol. The van der Waals surface area contributed by atoms with E-state index in [1.165, 1.54) is 6.07 Å². The van der Waals surface area contributed by atoms with Crippen LogP contribution >= 0.6 is 15.9 Å². The van der Waals surface area contributed by atoms with Crippen LogP contribution in [-0.2, 0) is 16.2 Å². The molecule has 0 bridgehead atoms. The summed E-state index contributed by atoms with van der Waals surface area (Å²) < 4.78 is 65.3. The molecule has 2 aromatic rings. The van der Waals surface area contributed by atoms with E-state index in [9.17, 15) is 21.6 Å². The Morgan fingerprint density at radius 3 is 2.36 bits per heavy atom. The van der Waals surface area contributed by atoms with Gasteiger partial charge in [0.05, 0.1) is 10.5 Å². The number of rotatable bonds is 3. The van der Waals surface area contributed by atoms with Crippen LogP contribution in [-0.4, -0.2) is 8.42 Å². The molecule has 0 saturated carbocycles. The van der Waals surface area contributed by atoms with E-state index in [0.717, 1.165) is 23.8 Å². The highest BCUT2D eigenvalue weighted by Gasteiger charge is 2.31. The van der Waals surface area contributed by atoms with Gasteiger partial charge >= 0.3 is 6.18 Å². The molecule has 22 heavy (non-hydrogen) atoms. The summed E-state index contributed by atoms with van der Waals surface area (Å²) in [6, 6.07) is 8.36. The molecule has 0 amide bonds. The molecule has 1 N–H and O–H groups in total. The zero-order chi connectivity index (χ0) is 16.5. The largest absolute Gasteiger partial charge is 0.416 e. The van der Waals surface area contributed by atoms with Crippen LogP contribution in [0.1, 0.15) is 11.1 Å². The fraction of sp³-hybridized carbons (Fsp3) is 0.143. The molecule has 0 atom stereocenters. The topological polar surface area (TPSA) is 46.2 Å². The third-order valence-electron chi connectivity index (χ3n) is 2.90. The van der Waals surface area contributed by atoms with Gasteiger partial charge in [-0.25, -0.2) is 8.42 Å². The Labute approximate surface area is 134 Å². The standard InChI is InChI=1S/C14H11BrF3NO2S/c1-9-5-6-11(8-13(9)15)19-22(20,21)12-4-2-3-10(7-12)14(16,17)18/h2-8,19H,1H3. The van der Waals surface area contributed by atoms with Crippen molar-refractivity contribution < 1.29 is 21.6 Å². The van der Waals surface area contributed by atoms with E-state index in [2.05, 4.69) is 20.7 Å².